The van der Waals surface area contributed by atoms with Crippen LogP contribution in [0.2, 0.25) is 0 Å². The molecule has 2 aromatic rings. The Labute approximate surface area is 152 Å². The van der Waals surface area contributed by atoms with Gasteiger partial charge < -0.3 is 10.6 Å². The Balaban J connectivity index is 0.00000242. The molecule has 0 unspecified atom stereocenters. The van der Waals surface area contributed by atoms with Crippen molar-refractivity contribution < 1.29 is 0 Å². The fourth-order valence-electron chi connectivity index (χ4n) is 1.87. The van der Waals surface area contributed by atoms with Crippen LogP contribution in [0.1, 0.15) is 21.1 Å². The maximum atomic E-state index is 4.51. The van der Waals surface area contributed by atoms with Crippen molar-refractivity contribution in [2.45, 2.75) is 33.9 Å². The number of nitrogens with zero attached hydrogens (tertiary/aromatic N) is 4. The lowest BCUT2D eigenvalue weighted by atomic mass is 10.4. The van der Waals surface area contributed by atoms with Gasteiger partial charge in [0, 0.05) is 24.7 Å². The summed E-state index contributed by atoms with van der Waals surface area (Å²) in [7, 11) is 1.77. The van der Waals surface area contributed by atoms with Gasteiger partial charge in [0.25, 0.3) is 0 Å². The van der Waals surface area contributed by atoms with Gasteiger partial charge >= 0.3 is 0 Å². The maximum Gasteiger partial charge on any atom is 0.191 e. The van der Waals surface area contributed by atoms with Gasteiger partial charge in [-0.25, -0.2) is 4.98 Å². The molecule has 0 fully saturated rings. The summed E-state index contributed by atoms with van der Waals surface area (Å²) in [6.45, 7) is 8.44. The number of thiazole rings is 1. The smallest absolute Gasteiger partial charge is 0.191 e. The van der Waals surface area contributed by atoms with E-state index in [9.17, 15) is 0 Å². The second-order valence-electron chi connectivity index (χ2n) is 4.88. The molecule has 0 aliphatic carbocycles. The molecule has 0 radical (unpaired) electrons. The van der Waals surface area contributed by atoms with Gasteiger partial charge in [0.1, 0.15) is 5.01 Å². The van der Waals surface area contributed by atoms with Crippen LogP contribution in [0.4, 0.5) is 0 Å². The predicted octanol–water partition coefficient (Wildman–Crippen LogP) is 2.25. The number of nitrogens with one attached hydrogen (secondary N) is 2. The average Bonchev–Trinajstić information content (AvgIpc) is 3.00. The van der Waals surface area contributed by atoms with E-state index in [1.54, 1.807) is 18.4 Å². The van der Waals surface area contributed by atoms with Crippen LogP contribution in [-0.4, -0.2) is 34.3 Å². The predicted molar refractivity (Wildman–Crippen MR) is 102 cm³/mol. The average molecular weight is 434 g/mol. The molecule has 122 valence electrons. The first-order valence-corrected chi connectivity index (χ1v) is 7.76. The van der Waals surface area contributed by atoms with E-state index in [-0.39, 0.29) is 24.0 Å². The molecule has 0 aromatic carbocycles. The Kier molecular flexibility index (Phi) is 7.80. The van der Waals surface area contributed by atoms with Crippen molar-refractivity contribution in [3.8, 4) is 0 Å². The molecular weight excluding hydrogens is 411 g/mol. The van der Waals surface area contributed by atoms with E-state index < -0.39 is 0 Å². The van der Waals surface area contributed by atoms with E-state index in [1.165, 1.54) is 10.4 Å². The van der Waals surface area contributed by atoms with Crippen LogP contribution in [-0.2, 0) is 13.1 Å². The maximum absolute atomic E-state index is 4.51. The molecular formula is C14H23IN6S. The highest BCUT2D eigenvalue weighted by Crippen LogP contribution is 2.15. The highest BCUT2D eigenvalue weighted by Gasteiger charge is 2.04. The summed E-state index contributed by atoms with van der Waals surface area (Å²) in [6, 6.07) is 0. The van der Waals surface area contributed by atoms with Gasteiger partial charge in [0.05, 0.1) is 25.0 Å². The topological polar surface area (TPSA) is 67.1 Å². The number of guanidine groups is 1. The fourth-order valence-corrected chi connectivity index (χ4v) is 2.75. The number of aromatic nitrogens is 3. The van der Waals surface area contributed by atoms with Gasteiger partial charge in [0.15, 0.2) is 5.96 Å². The second-order valence-corrected chi connectivity index (χ2v) is 6.17. The summed E-state index contributed by atoms with van der Waals surface area (Å²) in [5, 5.41) is 11.9. The molecule has 0 spiro atoms. The first-order chi connectivity index (χ1) is 10.1. The van der Waals surface area contributed by atoms with Gasteiger partial charge in [-0.2, -0.15) is 5.10 Å². The minimum Gasteiger partial charge on any atom is -0.355 e. The molecule has 0 saturated heterocycles. The minimum absolute atomic E-state index is 0. The monoisotopic (exact) mass is 434 g/mol. The molecule has 0 aliphatic heterocycles. The molecule has 2 rings (SSSR count). The standard InChI is InChI=1S/C14H22N6S.HI/c1-10-7-18-20(9-10)6-5-16-14(15-4)17-8-13-19-11(2)12(3)21-13;/h7,9H,5-6,8H2,1-4H3,(H2,15,16,17);1H. The SMILES string of the molecule is CN=C(NCCn1cc(C)cn1)NCc1nc(C)c(C)s1.I. The summed E-state index contributed by atoms with van der Waals surface area (Å²) in [5.41, 5.74) is 2.28. The van der Waals surface area contributed by atoms with Gasteiger partial charge in [-0.1, -0.05) is 0 Å². The molecule has 2 N–H and O–H groups in total. The number of halogens is 1. The van der Waals surface area contributed by atoms with Crippen LogP contribution in [0, 0.1) is 20.8 Å². The molecule has 22 heavy (non-hydrogen) atoms. The number of aryl methyl sites for hydroxylation is 3. The van der Waals surface area contributed by atoms with Crippen LogP contribution < -0.4 is 10.6 Å². The van der Waals surface area contributed by atoms with E-state index in [0.29, 0.717) is 6.54 Å². The van der Waals surface area contributed by atoms with Gasteiger partial charge in [-0.15, -0.1) is 35.3 Å². The van der Waals surface area contributed by atoms with Crippen molar-refractivity contribution >= 4 is 41.3 Å². The summed E-state index contributed by atoms with van der Waals surface area (Å²) in [5.74, 6) is 0.782. The lowest BCUT2D eigenvalue weighted by Gasteiger charge is -2.10. The fraction of sp³-hybridized carbons (Fsp3) is 0.500. The zero-order valence-corrected chi connectivity index (χ0v) is 16.5. The molecule has 0 atom stereocenters. The summed E-state index contributed by atoms with van der Waals surface area (Å²) < 4.78 is 1.92. The lowest BCUT2D eigenvalue weighted by Crippen LogP contribution is -2.38. The zero-order chi connectivity index (χ0) is 15.2. The first-order valence-electron chi connectivity index (χ1n) is 6.95. The number of rotatable bonds is 5. The molecule has 2 heterocycles. The molecule has 0 amide bonds. The van der Waals surface area contributed by atoms with Crippen molar-refractivity contribution in [3.63, 3.8) is 0 Å². The Morgan fingerprint density at radius 3 is 2.64 bits per heavy atom. The van der Waals surface area contributed by atoms with E-state index in [0.717, 1.165) is 29.8 Å². The molecule has 0 saturated carbocycles. The lowest BCUT2D eigenvalue weighted by molar-refractivity contribution is 0.597. The van der Waals surface area contributed by atoms with Crippen molar-refractivity contribution in [1.29, 1.82) is 0 Å². The van der Waals surface area contributed by atoms with Crippen molar-refractivity contribution in [3.05, 3.63) is 33.5 Å². The molecule has 2 aromatic heterocycles. The van der Waals surface area contributed by atoms with Crippen LogP contribution >= 0.6 is 35.3 Å². The highest BCUT2D eigenvalue weighted by molar-refractivity contribution is 14.0. The van der Waals surface area contributed by atoms with Crippen LogP contribution in [0.15, 0.2) is 17.4 Å². The Bertz CT molecular complexity index is 599. The summed E-state index contributed by atoms with van der Waals surface area (Å²) >= 11 is 1.72. The zero-order valence-electron chi connectivity index (χ0n) is 13.4. The molecule has 6 nitrogen and oxygen atoms in total. The van der Waals surface area contributed by atoms with Crippen molar-refractivity contribution in [1.82, 2.24) is 25.4 Å². The molecule has 8 heteroatoms. The second kappa shape index (κ2) is 9.09. The van der Waals surface area contributed by atoms with Crippen LogP contribution in [0.3, 0.4) is 0 Å². The van der Waals surface area contributed by atoms with Crippen molar-refractivity contribution in [2.75, 3.05) is 13.6 Å². The third-order valence-electron chi connectivity index (χ3n) is 3.10. The Morgan fingerprint density at radius 2 is 2.09 bits per heavy atom. The Morgan fingerprint density at radius 1 is 1.32 bits per heavy atom. The van der Waals surface area contributed by atoms with E-state index in [2.05, 4.69) is 32.6 Å². The summed E-state index contributed by atoms with van der Waals surface area (Å²) in [4.78, 5) is 9.98. The van der Waals surface area contributed by atoms with Crippen LogP contribution in [0.5, 0.6) is 0 Å². The van der Waals surface area contributed by atoms with Gasteiger partial charge in [-0.05, 0) is 26.3 Å². The summed E-state index contributed by atoms with van der Waals surface area (Å²) in [6.07, 6.45) is 3.89. The number of hydrogen-bond acceptors (Lipinski definition) is 4. The van der Waals surface area contributed by atoms with Gasteiger partial charge in [0.2, 0.25) is 0 Å². The van der Waals surface area contributed by atoms with Gasteiger partial charge in [-0.3, -0.25) is 9.67 Å². The van der Waals surface area contributed by atoms with Crippen molar-refractivity contribution in [2.24, 2.45) is 4.99 Å². The van der Waals surface area contributed by atoms with Crippen LogP contribution in [0.25, 0.3) is 0 Å². The quantitative estimate of drug-likeness (QED) is 0.431. The molecule has 0 bridgehead atoms. The third kappa shape index (κ3) is 5.56. The van der Waals surface area contributed by atoms with E-state index >= 15 is 0 Å². The van der Waals surface area contributed by atoms with E-state index in [1.807, 2.05) is 30.9 Å². The number of aliphatic imine (C=N–C) groups is 1. The highest BCUT2D eigenvalue weighted by atomic mass is 127. The number of hydrogen-bond donors (Lipinski definition) is 2. The van der Waals surface area contributed by atoms with E-state index in [4.69, 9.17) is 0 Å². The Hall–Kier alpha value is -1.16. The third-order valence-corrected chi connectivity index (χ3v) is 4.17. The normalized spacial score (nSPS) is 11.2. The molecule has 0 aliphatic rings. The first kappa shape index (κ1) is 18.9. The minimum atomic E-state index is 0. The largest absolute Gasteiger partial charge is 0.355 e.